The predicted molar refractivity (Wildman–Crippen MR) is 206 cm³/mol. The van der Waals surface area contributed by atoms with Crippen molar-refractivity contribution in [2.45, 2.75) is 6.92 Å². The molecule has 5 heteroatoms. The predicted octanol–water partition coefficient (Wildman–Crippen LogP) is 11.5. The van der Waals surface area contributed by atoms with E-state index in [2.05, 4.69) is 190 Å². The van der Waals surface area contributed by atoms with Gasteiger partial charge in [-0.25, -0.2) is 0 Å². The Morgan fingerprint density at radius 1 is 0.400 bits per heavy atom. The first-order valence-corrected chi connectivity index (χ1v) is 16.8. The molecule has 50 heavy (non-hydrogen) atoms. The smallest absolute Gasteiger partial charge is 0.168 e. The van der Waals surface area contributed by atoms with E-state index >= 15 is 0 Å². The van der Waals surface area contributed by atoms with Crippen molar-refractivity contribution >= 4 is 38.9 Å². The van der Waals surface area contributed by atoms with E-state index < -0.39 is 0 Å². The molecule has 0 bridgehead atoms. The molecule has 0 saturated heterocycles. The van der Waals surface area contributed by atoms with Crippen LogP contribution in [0, 0.1) is 6.92 Å². The Bertz CT molecular complexity index is 2530. The van der Waals surface area contributed by atoms with Crippen LogP contribution in [0.25, 0.3) is 56.0 Å². The van der Waals surface area contributed by atoms with Crippen LogP contribution in [-0.2, 0) is 0 Å². The maximum atomic E-state index is 4.70. The number of hydrogen-bond acceptors (Lipinski definition) is 3. The van der Waals surface area contributed by atoms with Crippen molar-refractivity contribution in [2.24, 2.45) is 0 Å². The average Bonchev–Trinajstić information content (AvgIpc) is 3.77. The molecule has 5 nitrogen and oxygen atoms in total. The molecule has 0 unspecified atom stereocenters. The third-order valence-corrected chi connectivity index (χ3v) is 9.30. The third kappa shape index (κ3) is 5.13. The van der Waals surface area contributed by atoms with Gasteiger partial charge in [-0.15, -0.1) is 10.2 Å². The number of aromatic nitrogens is 4. The normalized spacial score (nSPS) is 11.3. The fraction of sp³-hybridized carbons (Fsp3) is 0.0222. The van der Waals surface area contributed by atoms with Crippen molar-refractivity contribution in [3.8, 4) is 34.2 Å². The number of para-hydroxylation sites is 3. The topological polar surface area (TPSA) is 38.9 Å². The minimum absolute atomic E-state index is 0.801. The number of benzene rings is 7. The number of aryl methyl sites for hydroxylation is 1. The lowest BCUT2D eigenvalue weighted by Crippen LogP contribution is -2.10. The largest absolute Gasteiger partial charge is 0.311 e. The summed E-state index contributed by atoms with van der Waals surface area (Å²) in [7, 11) is 0. The molecule has 2 heterocycles. The zero-order valence-electron chi connectivity index (χ0n) is 27.6. The van der Waals surface area contributed by atoms with E-state index in [0.717, 1.165) is 51.2 Å². The summed E-state index contributed by atoms with van der Waals surface area (Å²) in [5.74, 6) is 1.61. The van der Waals surface area contributed by atoms with Crippen LogP contribution in [0.3, 0.4) is 0 Å². The third-order valence-electron chi connectivity index (χ3n) is 9.30. The van der Waals surface area contributed by atoms with Gasteiger partial charge in [0.2, 0.25) is 0 Å². The van der Waals surface area contributed by atoms with Gasteiger partial charge in [0, 0.05) is 50.3 Å². The van der Waals surface area contributed by atoms with Crippen LogP contribution in [0.5, 0.6) is 0 Å². The highest BCUT2D eigenvalue weighted by Gasteiger charge is 2.19. The van der Waals surface area contributed by atoms with Crippen molar-refractivity contribution in [3.63, 3.8) is 0 Å². The van der Waals surface area contributed by atoms with E-state index in [-0.39, 0.29) is 0 Å². The summed E-state index contributed by atoms with van der Waals surface area (Å²) >= 11 is 0. The molecule has 9 rings (SSSR count). The van der Waals surface area contributed by atoms with E-state index in [9.17, 15) is 0 Å². The van der Waals surface area contributed by atoms with E-state index in [0.29, 0.717) is 0 Å². The highest BCUT2D eigenvalue weighted by atomic mass is 15.3. The fourth-order valence-electron chi connectivity index (χ4n) is 7.00. The minimum Gasteiger partial charge on any atom is -0.311 e. The van der Waals surface area contributed by atoms with E-state index in [1.54, 1.807) is 0 Å². The Hall–Kier alpha value is -6.72. The minimum atomic E-state index is 0.801. The van der Waals surface area contributed by atoms with E-state index in [4.69, 9.17) is 5.10 Å². The van der Waals surface area contributed by atoms with Gasteiger partial charge in [-0.05, 0) is 85.8 Å². The van der Waals surface area contributed by atoms with Gasteiger partial charge in [-0.2, -0.15) is 0 Å². The lowest BCUT2D eigenvalue weighted by Gasteiger charge is -2.26. The van der Waals surface area contributed by atoms with Gasteiger partial charge in [0.05, 0.1) is 11.0 Å². The molecule has 0 spiro atoms. The highest BCUT2D eigenvalue weighted by Crippen LogP contribution is 2.38. The number of rotatable bonds is 7. The van der Waals surface area contributed by atoms with Crippen molar-refractivity contribution in [1.82, 2.24) is 19.3 Å². The summed E-state index contributed by atoms with van der Waals surface area (Å²) in [6, 6.07) is 64.0. The van der Waals surface area contributed by atoms with Crippen molar-refractivity contribution in [1.29, 1.82) is 0 Å². The molecule has 0 N–H and O–H groups in total. The van der Waals surface area contributed by atoms with Crippen LogP contribution in [-0.4, -0.2) is 19.3 Å². The number of anilines is 3. The zero-order valence-corrected chi connectivity index (χ0v) is 27.6. The Morgan fingerprint density at radius 3 is 1.44 bits per heavy atom. The van der Waals surface area contributed by atoms with Crippen molar-refractivity contribution < 1.29 is 0 Å². The van der Waals surface area contributed by atoms with E-state index in [1.165, 1.54) is 27.4 Å². The molecule has 0 atom stereocenters. The molecule has 7 aromatic carbocycles. The summed E-state index contributed by atoms with van der Waals surface area (Å²) in [6.45, 7) is 2.10. The SMILES string of the molecule is Cc1cccc(-c2nnc(-c3ccccc3)n2-c2ccc(N(c3ccccc3)c3ccc(-n4c5ccccc5c5ccccc54)cc3)cc2)c1. The highest BCUT2D eigenvalue weighted by molar-refractivity contribution is 6.09. The quantitative estimate of drug-likeness (QED) is 0.173. The average molecular weight is 644 g/mol. The Balaban J connectivity index is 1.14. The van der Waals surface area contributed by atoms with Gasteiger partial charge in [-0.1, -0.05) is 109 Å². The molecular formula is C45H33N5. The second-order valence-corrected chi connectivity index (χ2v) is 12.5. The van der Waals surface area contributed by atoms with E-state index in [1.807, 2.05) is 18.2 Å². The summed E-state index contributed by atoms with van der Waals surface area (Å²) < 4.78 is 4.51. The second-order valence-electron chi connectivity index (χ2n) is 12.5. The van der Waals surface area contributed by atoms with Gasteiger partial charge < -0.3 is 9.47 Å². The Morgan fingerprint density at radius 2 is 0.860 bits per heavy atom. The molecular weight excluding hydrogens is 611 g/mol. The summed E-state index contributed by atoms with van der Waals surface area (Å²) in [4.78, 5) is 2.30. The van der Waals surface area contributed by atoms with Crippen LogP contribution in [0.15, 0.2) is 182 Å². The van der Waals surface area contributed by atoms with Crippen molar-refractivity contribution in [2.75, 3.05) is 4.90 Å². The summed E-state index contributed by atoms with van der Waals surface area (Å²) in [6.07, 6.45) is 0. The van der Waals surface area contributed by atoms with Gasteiger partial charge in [0.25, 0.3) is 0 Å². The van der Waals surface area contributed by atoms with Crippen LogP contribution in [0.2, 0.25) is 0 Å². The maximum absolute atomic E-state index is 4.70. The molecule has 0 aliphatic carbocycles. The molecule has 238 valence electrons. The van der Waals surface area contributed by atoms with Gasteiger partial charge in [0.15, 0.2) is 11.6 Å². The molecule has 9 aromatic rings. The lowest BCUT2D eigenvalue weighted by atomic mass is 10.1. The van der Waals surface area contributed by atoms with Gasteiger partial charge in [0.1, 0.15) is 0 Å². The van der Waals surface area contributed by atoms with Crippen LogP contribution >= 0.6 is 0 Å². The first kappa shape index (κ1) is 29.4. The molecule has 0 radical (unpaired) electrons. The van der Waals surface area contributed by atoms with Gasteiger partial charge >= 0.3 is 0 Å². The van der Waals surface area contributed by atoms with Crippen LogP contribution in [0.4, 0.5) is 17.1 Å². The molecule has 0 aliphatic heterocycles. The fourth-order valence-corrected chi connectivity index (χ4v) is 7.00. The molecule has 0 amide bonds. The lowest BCUT2D eigenvalue weighted by molar-refractivity contribution is 1.07. The number of hydrogen-bond donors (Lipinski definition) is 0. The zero-order chi connectivity index (χ0) is 33.4. The number of nitrogens with zero attached hydrogens (tertiary/aromatic N) is 5. The monoisotopic (exact) mass is 643 g/mol. The van der Waals surface area contributed by atoms with Crippen LogP contribution in [0.1, 0.15) is 5.56 Å². The van der Waals surface area contributed by atoms with Crippen LogP contribution < -0.4 is 4.90 Å². The first-order chi connectivity index (χ1) is 24.7. The van der Waals surface area contributed by atoms with Gasteiger partial charge in [-0.3, -0.25) is 4.57 Å². The molecule has 0 saturated carbocycles. The summed E-state index contributed by atoms with van der Waals surface area (Å²) in [5.41, 5.74) is 10.9. The van der Waals surface area contributed by atoms with Crippen molar-refractivity contribution in [3.05, 3.63) is 188 Å². The summed E-state index contributed by atoms with van der Waals surface area (Å²) in [5, 5.41) is 11.9. The molecule has 2 aromatic heterocycles. The first-order valence-electron chi connectivity index (χ1n) is 16.8. The molecule has 0 fully saturated rings. The maximum Gasteiger partial charge on any atom is 0.168 e. The number of fused-ring (bicyclic) bond motifs is 3. The second kappa shape index (κ2) is 12.4. The molecule has 0 aliphatic rings. The Labute approximate surface area is 291 Å². The standard InChI is InChI=1S/C45H33N5/c1-32-13-12-16-34(31-32)45-47-46-44(33-14-4-2-5-15-33)50(45)39-29-25-37(26-30-39)48(35-17-6-3-7-18-35)36-23-27-38(28-24-36)49-42-21-10-8-19-40(42)41-20-9-11-22-43(41)49/h2-31H,1H3. The Kier molecular flexibility index (Phi) is 7.29.